The summed E-state index contributed by atoms with van der Waals surface area (Å²) in [6.45, 7) is 2.27. The van der Waals surface area contributed by atoms with Gasteiger partial charge in [-0.3, -0.25) is 10.1 Å². The molecule has 1 aliphatic heterocycles. The summed E-state index contributed by atoms with van der Waals surface area (Å²) in [6.07, 6.45) is 0.275. The van der Waals surface area contributed by atoms with Crippen molar-refractivity contribution in [1.82, 2.24) is 10.6 Å². The summed E-state index contributed by atoms with van der Waals surface area (Å²) in [5.41, 5.74) is 0. The van der Waals surface area contributed by atoms with E-state index in [9.17, 15) is 4.79 Å². The quantitative estimate of drug-likeness (QED) is 0.645. The van der Waals surface area contributed by atoms with Crippen LogP contribution in [0.3, 0.4) is 0 Å². The Labute approximate surface area is 94.6 Å². The Morgan fingerprint density at radius 3 is 3.00 bits per heavy atom. The zero-order valence-corrected chi connectivity index (χ0v) is 9.79. The van der Waals surface area contributed by atoms with Gasteiger partial charge in [0.15, 0.2) is 0 Å². The average Bonchev–Trinajstić information content (AvgIpc) is 2.55. The Hall–Kier alpha value is 0.0300. The molecule has 1 heterocycles. The predicted octanol–water partition coefficient (Wildman–Crippen LogP) is -0.0422. The van der Waals surface area contributed by atoms with E-state index < -0.39 is 0 Å². The van der Waals surface area contributed by atoms with Crippen LogP contribution in [0.15, 0.2) is 0 Å². The molecule has 0 aromatic rings. The van der Waals surface area contributed by atoms with Crippen molar-refractivity contribution in [1.29, 1.82) is 0 Å². The summed E-state index contributed by atoms with van der Waals surface area (Å²) < 4.78 is 0. The van der Waals surface area contributed by atoms with E-state index in [4.69, 9.17) is 5.11 Å². The number of hydrogen-bond acceptors (Lipinski definition) is 4. The lowest BCUT2D eigenvalue weighted by molar-refractivity contribution is -0.122. The number of carbonyl (C=O) groups excluding carboxylic acids is 1. The van der Waals surface area contributed by atoms with Crippen LogP contribution in [0.4, 0.5) is 0 Å². The molecule has 2 atom stereocenters. The lowest BCUT2D eigenvalue weighted by atomic mass is 10.2. The van der Waals surface area contributed by atoms with E-state index in [-0.39, 0.29) is 30.5 Å². The summed E-state index contributed by atoms with van der Waals surface area (Å²) in [7, 11) is 0. The lowest BCUT2D eigenvalue weighted by Gasteiger charge is -2.10. The molecule has 1 saturated heterocycles. The third-order valence-electron chi connectivity index (χ3n) is 1.89. The molecule has 0 saturated carbocycles. The topological polar surface area (TPSA) is 61.4 Å². The van der Waals surface area contributed by atoms with E-state index in [1.54, 1.807) is 18.7 Å². The molecule has 1 aliphatic rings. The Morgan fingerprint density at radius 1 is 1.79 bits per heavy atom. The number of amides is 1. The molecular formula is C8H17ClN2O2S. The van der Waals surface area contributed by atoms with Gasteiger partial charge in [-0.2, -0.15) is 0 Å². The molecule has 0 radical (unpaired) electrons. The summed E-state index contributed by atoms with van der Waals surface area (Å²) >= 11 is 1.73. The second kappa shape index (κ2) is 7.34. The van der Waals surface area contributed by atoms with Crippen molar-refractivity contribution in [3.63, 3.8) is 0 Å². The first-order chi connectivity index (χ1) is 6.20. The fourth-order valence-corrected chi connectivity index (χ4v) is 2.03. The van der Waals surface area contributed by atoms with Gasteiger partial charge < -0.3 is 10.4 Å². The van der Waals surface area contributed by atoms with Gasteiger partial charge in [0.2, 0.25) is 5.91 Å². The van der Waals surface area contributed by atoms with Crippen LogP contribution < -0.4 is 10.6 Å². The fraction of sp³-hybridized carbons (Fsp3) is 0.875. The molecule has 14 heavy (non-hydrogen) atoms. The van der Waals surface area contributed by atoms with Gasteiger partial charge in [-0.05, 0) is 13.3 Å². The molecule has 1 rings (SSSR count). The smallest absolute Gasteiger partial charge is 0.238 e. The molecule has 84 valence electrons. The zero-order chi connectivity index (χ0) is 9.68. The second-order valence-electron chi connectivity index (χ2n) is 3.20. The van der Waals surface area contributed by atoms with Crippen molar-refractivity contribution in [3.05, 3.63) is 0 Å². The lowest BCUT2D eigenvalue weighted by Crippen LogP contribution is -2.42. The Kier molecular flexibility index (Phi) is 7.35. The first-order valence-corrected chi connectivity index (χ1v) is 5.62. The molecule has 1 amide bonds. The number of thioether (sulfide) groups is 1. The third kappa shape index (κ3) is 5.05. The van der Waals surface area contributed by atoms with Crippen LogP contribution in [0.1, 0.15) is 13.3 Å². The number of nitrogens with one attached hydrogen (secondary N) is 2. The van der Waals surface area contributed by atoms with Crippen molar-refractivity contribution in [3.8, 4) is 0 Å². The molecule has 0 aromatic carbocycles. The van der Waals surface area contributed by atoms with Crippen LogP contribution in [0.25, 0.3) is 0 Å². The molecular weight excluding hydrogens is 224 g/mol. The highest BCUT2D eigenvalue weighted by atomic mass is 35.5. The Bertz CT molecular complexity index is 175. The van der Waals surface area contributed by atoms with Crippen molar-refractivity contribution < 1.29 is 9.90 Å². The molecule has 0 aromatic heterocycles. The normalized spacial score (nSPS) is 22.6. The van der Waals surface area contributed by atoms with Gasteiger partial charge in [-0.1, -0.05) is 0 Å². The van der Waals surface area contributed by atoms with Gasteiger partial charge in [0.05, 0.1) is 12.1 Å². The minimum absolute atomic E-state index is 0. The van der Waals surface area contributed by atoms with E-state index >= 15 is 0 Å². The number of carbonyl (C=O) groups is 1. The maximum atomic E-state index is 11.4. The zero-order valence-electron chi connectivity index (χ0n) is 8.16. The van der Waals surface area contributed by atoms with E-state index in [0.29, 0.717) is 13.0 Å². The van der Waals surface area contributed by atoms with Crippen LogP contribution in [-0.4, -0.2) is 41.3 Å². The molecule has 6 heteroatoms. The van der Waals surface area contributed by atoms with Gasteiger partial charge in [-0.15, -0.1) is 24.2 Å². The molecule has 3 N–H and O–H groups in total. The van der Waals surface area contributed by atoms with Gasteiger partial charge in [0.25, 0.3) is 0 Å². The number of rotatable bonds is 4. The molecule has 4 nitrogen and oxygen atoms in total. The van der Waals surface area contributed by atoms with Gasteiger partial charge in [-0.25, -0.2) is 0 Å². The largest absolute Gasteiger partial charge is 0.393 e. The van der Waals surface area contributed by atoms with Crippen molar-refractivity contribution >= 4 is 30.1 Å². The highest BCUT2D eigenvalue weighted by molar-refractivity contribution is 7.99. The highest BCUT2D eigenvalue weighted by Crippen LogP contribution is 2.09. The molecule has 1 fully saturated rings. The number of aliphatic hydroxyl groups excluding tert-OH is 1. The molecule has 1 unspecified atom stereocenters. The minimum atomic E-state index is -0.341. The molecule has 0 aliphatic carbocycles. The molecule has 0 bridgehead atoms. The minimum Gasteiger partial charge on any atom is -0.393 e. The summed E-state index contributed by atoms with van der Waals surface area (Å²) in [6, 6.07) is -0.0426. The molecule has 0 spiro atoms. The van der Waals surface area contributed by atoms with Crippen molar-refractivity contribution in [2.75, 3.05) is 18.2 Å². The van der Waals surface area contributed by atoms with E-state index in [1.165, 1.54) is 0 Å². The number of halogens is 1. The van der Waals surface area contributed by atoms with Crippen molar-refractivity contribution in [2.45, 2.75) is 25.5 Å². The van der Waals surface area contributed by atoms with E-state index in [2.05, 4.69) is 10.6 Å². The van der Waals surface area contributed by atoms with Crippen LogP contribution in [0, 0.1) is 0 Å². The standard InChI is InChI=1S/C8H16N2O2S.ClH/c1-6(11)2-3-9-8(12)7-4-13-5-10-7;/h6-7,10-11H,2-5H2,1H3,(H,9,12);1H/t6?,7-;/m1./s1. The fourth-order valence-electron chi connectivity index (χ4n) is 1.09. The van der Waals surface area contributed by atoms with E-state index in [1.807, 2.05) is 0 Å². The first-order valence-electron chi connectivity index (χ1n) is 4.47. The first kappa shape index (κ1) is 14.0. The van der Waals surface area contributed by atoms with Crippen LogP contribution in [-0.2, 0) is 4.79 Å². The summed E-state index contributed by atoms with van der Waals surface area (Å²) in [4.78, 5) is 11.4. The third-order valence-corrected chi connectivity index (χ3v) is 2.83. The Balaban J connectivity index is 0.00000169. The van der Waals surface area contributed by atoms with Crippen LogP contribution >= 0.6 is 24.2 Å². The maximum Gasteiger partial charge on any atom is 0.238 e. The monoisotopic (exact) mass is 240 g/mol. The van der Waals surface area contributed by atoms with Gasteiger partial charge >= 0.3 is 0 Å². The summed E-state index contributed by atoms with van der Waals surface area (Å²) in [5, 5.41) is 14.8. The number of hydrogen-bond donors (Lipinski definition) is 3. The SMILES string of the molecule is CC(O)CCNC(=O)[C@H]1CSCN1.Cl. The highest BCUT2D eigenvalue weighted by Gasteiger charge is 2.21. The van der Waals surface area contributed by atoms with Gasteiger partial charge in [0.1, 0.15) is 0 Å². The predicted molar refractivity (Wildman–Crippen MR) is 60.8 cm³/mol. The van der Waals surface area contributed by atoms with Crippen LogP contribution in [0.2, 0.25) is 0 Å². The van der Waals surface area contributed by atoms with E-state index in [0.717, 1.165) is 11.6 Å². The summed E-state index contributed by atoms with van der Waals surface area (Å²) in [5.74, 6) is 1.75. The van der Waals surface area contributed by atoms with Gasteiger partial charge in [0, 0.05) is 18.2 Å². The van der Waals surface area contributed by atoms with Crippen LogP contribution in [0.5, 0.6) is 0 Å². The Morgan fingerprint density at radius 2 is 2.50 bits per heavy atom. The second-order valence-corrected chi connectivity index (χ2v) is 4.23. The average molecular weight is 241 g/mol. The maximum absolute atomic E-state index is 11.4. The van der Waals surface area contributed by atoms with Crippen molar-refractivity contribution in [2.24, 2.45) is 0 Å². The number of aliphatic hydroxyl groups is 1.